The number of hydrogen-bond donors (Lipinski definition) is 1. The molecule has 1 N–H and O–H groups in total. The van der Waals surface area contributed by atoms with Crippen LogP contribution in [0, 0.1) is 11.8 Å². The summed E-state index contributed by atoms with van der Waals surface area (Å²) in [6.07, 6.45) is 3.46. The van der Waals surface area contributed by atoms with Crippen LogP contribution in [0.5, 0.6) is 0 Å². The number of hydrogen-bond acceptors (Lipinski definition) is 2. The van der Waals surface area contributed by atoms with E-state index in [9.17, 15) is 9.59 Å². The predicted molar refractivity (Wildman–Crippen MR) is 49.6 cm³/mol. The quantitative estimate of drug-likeness (QED) is 0.716. The Bertz CT molecular complexity index is 248. The summed E-state index contributed by atoms with van der Waals surface area (Å²) in [5.74, 6) is -0.208. The number of nitrogens with one attached hydrogen (secondary N) is 1. The third-order valence-electron chi connectivity index (χ3n) is 2.24. The summed E-state index contributed by atoms with van der Waals surface area (Å²) < 4.78 is 0. The van der Waals surface area contributed by atoms with Gasteiger partial charge in [-0.15, -0.1) is 0 Å². The number of amides is 3. The fraction of sp³-hybridized carbons (Fsp3) is 0.667. The summed E-state index contributed by atoms with van der Waals surface area (Å²) in [7, 11) is 0. The molecule has 4 heteroatoms. The molecule has 0 fully saturated rings. The van der Waals surface area contributed by atoms with E-state index >= 15 is 0 Å². The molecule has 2 unspecified atom stereocenters. The number of carbonyl (C=O) groups excluding carboxylic acids is 2. The van der Waals surface area contributed by atoms with Gasteiger partial charge in [-0.05, 0) is 12.3 Å². The summed E-state index contributed by atoms with van der Waals surface area (Å²) in [6, 6.07) is -0.551. The Labute approximate surface area is 77.4 Å². The molecule has 2 atom stereocenters. The van der Waals surface area contributed by atoms with Crippen LogP contribution in [0.4, 0.5) is 4.79 Å². The van der Waals surface area contributed by atoms with Crippen molar-refractivity contribution in [1.82, 2.24) is 5.32 Å². The summed E-state index contributed by atoms with van der Waals surface area (Å²) in [5.41, 5.74) is 0. The topological polar surface area (TPSA) is 58.5 Å². The maximum atomic E-state index is 11.3. The molecule has 0 aromatic heterocycles. The van der Waals surface area contributed by atoms with Crippen molar-refractivity contribution in [3.05, 3.63) is 0 Å². The van der Waals surface area contributed by atoms with E-state index in [1.54, 1.807) is 0 Å². The van der Waals surface area contributed by atoms with Gasteiger partial charge in [-0.3, -0.25) is 10.1 Å². The van der Waals surface area contributed by atoms with E-state index in [1.165, 1.54) is 6.21 Å². The van der Waals surface area contributed by atoms with Gasteiger partial charge in [0.2, 0.25) is 5.91 Å². The van der Waals surface area contributed by atoms with Crippen LogP contribution in [-0.2, 0) is 4.79 Å². The third-order valence-corrected chi connectivity index (χ3v) is 2.24. The van der Waals surface area contributed by atoms with Crippen molar-refractivity contribution in [2.24, 2.45) is 16.8 Å². The molecule has 4 nitrogen and oxygen atoms in total. The molecule has 72 valence electrons. The van der Waals surface area contributed by atoms with Crippen LogP contribution in [0.2, 0.25) is 0 Å². The first-order valence-electron chi connectivity index (χ1n) is 4.54. The largest absolute Gasteiger partial charge is 0.347 e. The Kier molecular flexibility index (Phi) is 3.17. The van der Waals surface area contributed by atoms with Crippen LogP contribution in [-0.4, -0.2) is 18.2 Å². The lowest BCUT2D eigenvalue weighted by Crippen LogP contribution is -2.41. The van der Waals surface area contributed by atoms with Crippen molar-refractivity contribution in [2.75, 3.05) is 0 Å². The molecule has 1 heterocycles. The van der Waals surface area contributed by atoms with Gasteiger partial charge >= 0.3 is 6.03 Å². The van der Waals surface area contributed by atoms with Crippen LogP contribution < -0.4 is 5.32 Å². The maximum Gasteiger partial charge on any atom is 0.347 e. The van der Waals surface area contributed by atoms with E-state index in [0.717, 1.165) is 12.8 Å². The number of aliphatic imine (C=N–C) groups is 1. The van der Waals surface area contributed by atoms with Crippen molar-refractivity contribution in [3.63, 3.8) is 0 Å². The molecular weight excluding hydrogens is 168 g/mol. The van der Waals surface area contributed by atoms with E-state index in [0.29, 0.717) is 0 Å². The van der Waals surface area contributed by atoms with Gasteiger partial charge in [-0.1, -0.05) is 20.3 Å². The molecule has 0 saturated heterocycles. The first-order chi connectivity index (χ1) is 6.15. The molecule has 1 aliphatic rings. The van der Waals surface area contributed by atoms with Gasteiger partial charge in [-0.25, -0.2) is 9.79 Å². The van der Waals surface area contributed by atoms with E-state index in [2.05, 4.69) is 17.2 Å². The lowest BCUT2D eigenvalue weighted by atomic mass is 9.90. The van der Waals surface area contributed by atoms with Crippen LogP contribution in [0.15, 0.2) is 4.99 Å². The molecule has 1 aliphatic heterocycles. The van der Waals surface area contributed by atoms with Gasteiger partial charge < -0.3 is 0 Å². The average Bonchev–Trinajstić information content (AvgIpc) is 2.04. The highest BCUT2D eigenvalue weighted by atomic mass is 16.2. The molecule has 0 aliphatic carbocycles. The van der Waals surface area contributed by atoms with Gasteiger partial charge in [0.1, 0.15) is 0 Å². The Morgan fingerprint density at radius 3 is 2.85 bits per heavy atom. The molecule has 0 bridgehead atoms. The normalized spacial score (nSPS) is 24.3. The fourth-order valence-corrected chi connectivity index (χ4v) is 1.48. The Balaban J connectivity index is 2.64. The third kappa shape index (κ3) is 2.37. The van der Waals surface area contributed by atoms with Crippen molar-refractivity contribution < 1.29 is 9.59 Å². The molecule has 0 spiro atoms. The van der Waals surface area contributed by atoms with Crippen LogP contribution in [0.3, 0.4) is 0 Å². The minimum Gasteiger partial charge on any atom is -0.276 e. The van der Waals surface area contributed by atoms with Gasteiger partial charge in [0.05, 0.1) is 5.92 Å². The van der Waals surface area contributed by atoms with Crippen LogP contribution in [0.25, 0.3) is 0 Å². The molecule has 0 saturated carbocycles. The number of urea groups is 1. The Hall–Kier alpha value is -1.19. The molecule has 1 rings (SSSR count). The molecule has 0 aromatic carbocycles. The van der Waals surface area contributed by atoms with Crippen LogP contribution >= 0.6 is 0 Å². The smallest absolute Gasteiger partial charge is 0.276 e. The number of nitrogens with zero attached hydrogens (tertiary/aromatic N) is 1. The minimum atomic E-state index is -0.551. The van der Waals surface area contributed by atoms with E-state index in [4.69, 9.17) is 0 Å². The molecular formula is C9H14N2O2. The highest BCUT2D eigenvalue weighted by molar-refractivity contribution is 6.09. The lowest BCUT2D eigenvalue weighted by Gasteiger charge is -2.20. The summed E-state index contributed by atoms with van der Waals surface area (Å²) in [6.45, 7) is 4.06. The molecule has 3 amide bonds. The molecule has 0 radical (unpaired) electrons. The zero-order valence-electron chi connectivity index (χ0n) is 7.91. The van der Waals surface area contributed by atoms with E-state index < -0.39 is 6.03 Å². The second kappa shape index (κ2) is 4.16. The van der Waals surface area contributed by atoms with Gasteiger partial charge in [-0.2, -0.15) is 0 Å². The summed E-state index contributed by atoms with van der Waals surface area (Å²) in [4.78, 5) is 25.5. The standard InChI is InChI=1S/C9H14N2O2/c1-3-4-6(2)7-5-10-9(13)11-8(7)12/h5-7H,3-4H2,1-2H3,(H,11,12,13). The van der Waals surface area contributed by atoms with Gasteiger partial charge in [0.25, 0.3) is 0 Å². The summed E-state index contributed by atoms with van der Waals surface area (Å²) in [5, 5.41) is 2.19. The molecule has 13 heavy (non-hydrogen) atoms. The van der Waals surface area contributed by atoms with Crippen LogP contribution in [0.1, 0.15) is 26.7 Å². The van der Waals surface area contributed by atoms with Crippen molar-refractivity contribution in [1.29, 1.82) is 0 Å². The first kappa shape index (κ1) is 9.89. The second-order valence-electron chi connectivity index (χ2n) is 3.36. The summed E-state index contributed by atoms with van der Waals surface area (Å²) >= 11 is 0. The highest BCUT2D eigenvalue weighted by Gasteiger charge is 2.27. The highest BCUT2D eigenvalue weighted by Crippen LogP contribution is 2.17. The number of rotatable bonds is 3. The van der Waals surface area contributed by atoms with Gasteiger partial charge in [0.15, 0.2) is 0 Å². The average molecular weight is 182 g/mol. The monoisotopic (exact) mass is 182 g/mol. The first-order valence-corrected chi connectivity index (χ1v) is 4.54. The van der Waals surface area contributed by atoms with Crippen molar-refractivity contribution in [3.8, 4) is 0 Å². The minimum absolute atomic E-state index is 0.221. The predicted octanol–water partition coefficient (Wildman–Crippen LogP) is 1.36. The van der Waals surface area contributed by atoms with Crippen molar-refractivity contribution >= 4 is 18.2 Å². The maximum absolute atomic E-state index is 11.3. The second-order valence-corrected chi connectivity index (χ2v) is 3.36. The lowest BCUT2D eigenvalue weighted by molar-refractivity contribution is -0.123. The SMILES string of the molecule is CCCC(C)C1C=NC(=O)NC1=O. The molecule has 0 aromatic rings. The number of carbonyl (C=O) groups is 2. The van der Waals surface area contributed by atoms with Gasteiger partial charge in [0, 0.05) is 6.21 Å². The Morgan fingerprint density at radius 2 is 2.31 bits per heavy atom. The van der Waals surface area contributed by atoms with E-state index in [1.807, 2.05) is 6.92 Å². The Morgan fingerprint density at radius 1 is 1.62 bits per heavy atom. The zero-order valence-corrected chi connectivity index (χ0v) is 7.91. The fourth-order valence-electron chi connectivity index (χ4n) is 1.48. The number of imide groups is 1. The van der Waals surface area contributed by atoms with E-state index in [-0.39, 0.29) is 17.7 Å². The zero-order chi connectivity index (χ0) is 9.84. The van der Waals surface area contributed by atoms with Crippen molar-refractivity contribution in [2.45, 2.75) is 26.7 Å².